The van der Waals surface area contributed by atoms with Crippen LogP contribution < -0.4 is 10.6 Å². The molecule has 0 bridgehead atoms. The number of piperidine rings is 1. The highest BCUT2D eigenvalue weighted by Gasteiger charge is 2.27. The van der Waals surface area contributed by atoms with Gasteiger partial charge in [-0.3, -0.25) is 10.1 Å². The fourth-order valence-corrected chi connectivity index (χ4v) is 3.61. The molecule has 1 aromatic carbocycles. The van der Waals surface area contributed by atoms with E-state index in [2.05, 4.69) is 22.8 Å². The van der Waals surface area contributed by atoms with Crippen LogP contribution in [0.15, 0.2) is 47.8 Å². The van der Waals surface area contributed by atoms with Crippen molar-refractivity contribution < 1.29 is 9.59 Å². The van der Waals surface area contributed by atoms with Crippen LogP contribution in [0.25, 0.3) is 0 Å². The molecule has 0 spiro atoms. The van der Waals surface area contributed by atoms with Crippen LogP contribution in [0.5, 0.6) is 0 Å². The van der Waals surface area contributed by atoms with Gasteiger partial charge in [-0.2, -0.15) is 0 Å². The van der Waals surface area contributed by atoms with Crippen molar-refractivity contribution in [1.82, 2.24) is 10.2 Å². The Hall–Kier alpha value is -2.34. The van der Waals surface area contributed by atoms with Crippen LogP contribution in [0.1, 0.15) is 18.4 Å². The molecule has 1 aliphatic heterocycles. The fraction of sp³-hybridized carbons (Fsp3) is 0.368. The molecule has 2 N–H and O–H groups in total. The van der Waals surface area contributed by atoms with E-state index in [9.17, 15) is 9.59 Å². The van der Waals surface area contributed by atoms with Crippen molar-refractivity contribution in [3.63, 3.8) is 0 Å². The summed E-state index contributed by atoms with van der Waals surface area (Å²) in [5.74, 6) is 0.107. The van der Waals surface area contributed by atoms with E-state index in [0.717, 1.165) is 24.3 Å². The first-order valence-corrected chi connectivity index (χ1v) is 9.51. The van der Waals surface area contributed by atoms with Crippen molar-refractivity contribution in [2.24, 2.45) is 5.92 Å². The Bertz CT molecular complexity index is 680. The Morgan fingerprint density at radius 3 is 2.52 bits per heavy atom. The molecule has 3 rings (SSSR count). The van der Waals surface area contributed by atoms with Crippen LogP contribution in [0.2, 0.25) is 0 Å². The Balaban J connectivity index is 1.38. The van der Waals surface area contributed by atoms with Gasteiger partial charge in [0.1, 0.15) is 0 Å². The second-order valence-electron chi connectivity index (χ2n) is 6.20. The molecule has 0 aliphatic carbocycles. The summed E-state index contributed by atoms with van der Waals surface area (Å²) in [7, 11) is 0. The first-order chi connectivity index (χ1) is 12.2. The zero-order chi connectivity index (χ0) is 17.5. The van der Waals surface area contributed by atoms with E-state index in [-0.39, 0.29) is 17.9 Å². The average Bonchev–Trinajstić information content (AvgIpc) is 3.15. The highest BCUT2D eigenvalue weighted by Crippen LogP contribution is 2.20. The third-order valence-corrected chi connectivity index (χ3v) is 5.25. The number of likely N-dealkylation sites (tertiary alicyclic amines) is 1. The van der Waals surface area contributed by atoms with Gasteiger partial charge in [0.05, 0.1) is 5.00 Å². The maximum Gasteiger partial charge on any atom is 0.322 e. The lowest BCUT2D eigenvalue weighted by atomic mass is 9.96. The van der Waals surface area contributed by atoms with Gasteiger partial charge in [-0.25, -0.2) is 4.79 Å². The number of anilines is 1. The molecule has 0 saturated carbocycles. The van der Waals surface area contributed by atoms with E-state index in [1.807, 2.05) is 35.7 Å². The van der Waals surface area contributed by atoms with Crippen molar-refractivity contribution in [3.05, 3.63) is 53.4 Å². The summed E-state index contributed by atoms with van der Waals surface area (Å²) < 4.78 is 0. The monoisotopic (exact) mass is 357 g/mol. The molecule has 1 saturated heterocycles. The predicted molar refractivity (Wildman–Crippen MR) is 101 cm³/mol. The summed E-state index contributed by atoms with van der Waals surface area (Å²) in [5, 5.41) is 8.70. The fourth-order valence-electron chi connectivity index (χ4n) is 3.00. The van der Waals surface area contributed by atoms with Crippen LogP contribution in [0, 0.1) is 5.92 Å². The summed E-state index contributed by atoms with van der Waals surface area (Å²) in [5.41, 5.74) is 1.22. The largest absolute Gasteiger partial charge is 0.356 e. The number of thiophene rings is 1. The first-order valence-electron chi connectivity index (χ1n) is 8.63. The standard InChI is InChI=1S/C19H23N3O2S/c23-18(20-11-8-15-5-2-1-3-6-15)16-9-12-22(13-10-16)19(24)21-17-7-4-14-25-17/h1-7,14,16H,8-13H2,(H,20,23)(H,21,24). The zero-order valence-corrected chi connectivity index (χ0v) is 14.9. The molecule has 2 aromatic rings. The summed E-state index contributed by atoms with van der Waals surface area (Å²) in [6.07, 6.45) is 2.28. The van der Waals surface area contributed by atoms with Crippen molar-refractivity contribution in [1.29, 1.82) is 0 Å². The summed E-state index contributed by atoms with van der Waals surface area (Å²) in [4.78, 5) is 26.3. The highest BCUT2D eigenvalue weighted by atomic mass is 32.1. The van der Waals surface area contributed by atoms with Crippen molar-refractivity contribution >= 4 is 28.3 Å². The second kappa shape index (κ2) is 8.67. The number of urea groups is 1. The summed E-state index contributed by atoms with van der Waals surface area (Å²) in [6.45, 7) is 1.89. The zero-order valence-electron chi connectivity index (χ0n) is 14.1. The topological polar surface area (TPSA) is 61.4 Å². The van der Waals surface area contributed by atoms with Crippen LogP contribution in [-0.2, 0) is 11.2 Å². The quantitative estimate of drug-likeness (QED) is 0.862. The molecule has 132 valence electrons. The molecule has 6 heteroatoms. The Labute approximate surface area is 152 Å². The molecule has 0 radical (unpaired) electrons. The second-order valence-corrected chi connectivity index (χ2v) is 7.14. The highest BCUT2D eigenvalue weighted by molar-refractivity contribution is 7.14. The molecule has 2 heterocycles. The van der Waals surface area contributed by atoms with Gasteiger partial charge in [0.25, 0.3) is 0 Å². The van der Waals surface area contributed by atoms with E-state index < -0.39 is 0 Å². The molecule has 5 nitrogen and oxygen atoms in total. The lowest BCUT2D eigenvalue weighted by Gasteiger charge is -2.31. The molecule has 1 aliphatic rings. The number of nitrogens with one attached hydrogen (secondary N) is 2. The average molecular weight is 357 g/mol. The van der Waals surface area contributed by atoms with E-state index in [4.69, 9.17) is 0 Å². The van der Waals surface area contributed by atoms with E-state index in [1.54, 1.807) is 4.90 Å². The van der Waals surface area contributed by atoms with Gasteiger partial charge in [0.2, 0.25) is 5.91 Å². The van der Waals surface area contributed by atoms with Crippen LogP contribution >= 0.6 is 11.3 Å². The maximum absolute atomic E-state index is 12.3. The van der Waals surface area contributed by atoms with Gasteiger partial charge in [-0.05, 0) is 42.3 Å². The lowest BCUT2D eigenvalue weighted by molar-refractivity contribution is -0.126. The smallest absolute Gasteiger partial charge is 0.322 e. The molecule has 25 heavy (non-hydrogen) atoms. The third-order valence-electron chi connectivity index (χ3n) is 4.46. The van der Waals surface area contributed by atoms with Crippen molar-refractivity contribution in [3.8, 4) is 0 Å². The number of hydrogen-bond donors (Lipinski definition) is 2. The Kier molecular flexibility index (Phi) is 6.06. The Morgan fingerprint density at radius 2 is 1.84 bits per heavy atom. The number of rotatable bonds is 5. The molecule has 1 aromatic heterocycles. The number of benzene rings is 1. The van der Waals surface area contributed by atoms with E-state index >= 15 is 0 Å². The molecule has 0 unspecified atom stereocenters. The number of nitrogens with zero attached hydrogens (tertiary/aromatic N) is 1. The van der Waals surface area contributed by atoms with Gasteiger partial charge in [0, 0.05) is 25.6 Å². The minimum Gasteiger partial charge on any atom is -0.356 e. The van der Waals surface area contributed by atoms with Gasteiger partial charge in [0.15, 0.2) is 0 Å². The van der Waals surface area contributed by atoms with Gasteiger partial charge in [-0.15, -0.1) is 11.3 Å². The minimum atomic E-state index is -0.0783. The summed E-state index contributed by atoms with van der Waals surface area (Å²) in [6, 6.07) is 13.9. The predicted octanol–water partition coefficient (Wildman–Crippen LogP) is 3.35. The molecular formula is C19H23N3O2S. The van der Waals surface area contributed by atoms with E-state index in [0.29, 0.717) is 19.6 Å². The van der Waals surface area contributed by atoms with Gasteiger partial charge < -0.3 is 10.2 Å². The molecule has 0 atom stereocenters. The summed E-state index contributed by atoms with van der Waals surface area (Å²) >= 11 is 1.51. The normalized spacial score (nSPS) is 15.0. The van der Waals surface area contributed by atoms with Crippen LogP contribution in [0.4, 0.5) is 9.80 Å². The SMILES string of the molecule is O=C(NCCc1ccccc1)C1CCN(C(=O)Nc2cccs2)CC1. The minimum absolute atomic E-state index is 0.00145. The molecule has 1 fully saturated rings. The molecule has 3 amide bonds. The van der Waals surface area contributed by atoms with E-state index in [1.165, 1.54) is 16.9 Å². The number of carbonyl (C=O) groups excluding carboxylic acids is 2. The van der Waals surface area contributed by atoms with Crippen molar-refractivity contribution in [2.45, 2.75) is 19.3 Å². The third kappa shape index (κ3) is 5.06. The van der Waals surface area contributed by atoms with Crippen molar-refractivity contribution in [2.75, 3.05) is 25.0 Å². The lowest BCUT2D eigenvalue weighted by Crippen LogP contribution is -2.44. The number of carbonyl (C=O) groups is 2. The molecular weight excluding hydrogens is 334 g/mol. The van der Waals surface area contributed by atoms with Crippen LogP contribution in [-0.4, -0.2) is 36.5 Å². The Morgan fingerprint density at radius 1 is 1.08 bits per heavy atom. The first kappa shape index (κ1) is 17.5. The number of hydrogen-bond acceptors (Lipinski definition) is 3. The number of amides is 3. The van der Waals surface area contributed by atoms with Crippen LogP contribution in [0.3, 0.4) is 0 Å². The maximum atomic E-state index is 12.3. The van der Waals surface area contributed by atoms with Gasteiger partial charge >= 0.3 is 6.03 Å². The van der Waals surface area contributed by atoms with Gasteiger partial charge in [-0.1, -0.05) is 30.3 Å².